The first kappa shape index (κ1) is 12.5. The Morgan fingerprint density at radius 2 is 2.33 bits per heavy atom. The van der Waals surface area contributed by atoms with Gasteiger partial charge in [0.15, 0.2) is 0 Å². The van der Waals surface area contributed by atoms with E-state index in [0.29, 0.717) is 12.4 Å². The van der Waals surface area contributed by atoms with Crippen molar-refractivity contribution in [1.82, 2.24) is 4.98 Å². The fourth-order valence-electron chi connectivity index (χ4n) is 1.38. The summed E-state index contributed by atoms with van der Waals surface area (Å²) < 4.78 is 6.65. The average molecular weight is 273 g/mol. The third-order valence-corrected chi connectivity index (χ3v) is 2.55. The fraction of sp³-hybridized carbons (Fsp3) is 0.545. The van der Waals surface area contributed by atoms with Crippen LogP contribution in [0.15, 0.2) is 16.7 Å². The Morgan fingerprint density at radius 1 is 1.60 bits per heavy atom. The molecule has 0 aliphatic carbocycles. The molecule has 1 unspecified atom stereocenters. The van der Waals surface area contributed by atoms with Crippen LogP contribution in [0.25, 0.3) is 0 Å². The maximum Gasteiger partial charge on any atom is 0.218 e. The molecule has 0 aromatic carbocycles. The van der Waals surface area contributed by atoms with Gasteiger partial charge in [0.05, 0.1) is 6.10 Å². The van der Waals surface area contributed by atoms with Crippen molar-refractivity contribution in [2.75, 3.05) is 0 Å². The summed E-state index contributed by atoms with van der Waals surface area (Å²) in [5.74, 6) is 0.654. The van der Waals surface area contributed by atoms with Gasteiger partial charge in [-0.25, -0.2) is 4.98 Å². The summed E-state index contributed by atoms with van der Waals surface area (Å²) in [6, 6.07) is 1.95. The van der Waals surface area contributed by atoms with Crippen LogP contribution in [-0.2, 0) is 6.54 Å². The van der Waals surface area contributed by atoms with E-state index in [1.807, 2.05) is 13.0 Å². The molecule has 1 atom stereocenters. The predicted molar refractivity (Wildman–Crippen MR) is 64.8 cm³/mol. The molecular weight excluding hydrogens is 256 g/mol. The lowest BCUT2D eigenvalue weighted by Crippen LogP contribution is -2.14. The topological polar surface area (TPSA) is 48.1 Å². The molecule has 0 spiro atoms. The van der Waals surface area contributed by atoms with E-state index in [1.165, 1.54) is 0 Å². The molecule has 0 fully saturated rings. The molecular formula is C11H17BrN2O. The number of nitrogens with zero attached hydrogens (tertiary/aromatic N) is 1. The molecule has 0 radical (unpaired) electrons. The highest BCUT2D eigenvalue weighted by Crippen LogP contribution is 2.21. The molecule has 0 amide bonds. The molecule has 84 valence electrons. The highest BCUT2D eigenvalue weighted by Gasteiger charge is 2.08. The second-order valence-corrected chi connectivity index (χ2v) is 4.45. The number of nitrogens with two attached hydrogens (primary N) is 1. The minimum absolute atomic E-state index is 0.189. The molecule has 1 aromatic rings. The van der Waals surface area contributed by atoms with Crippen LogP contribution >= 0.6 is 15.9 Å². The molecule has 1 aromatic heterocycles. The summed E-state index contributed by atoms with van der Waals surface area (Å²) in [6.45, 7) is 4.63. The zero-order valence-electron chi connectivity index (χ0n) is 9.16. The second kappa shape index (κ2) is 6.08. The Morgan fingerprint density at radius 3 is 2.93 bits per heavy atom. The van der Waals surface area contributed by atoms with Crippen molar-refractivity contribution in [3.05, 3.63) is 22.3 Å². The smallest absolute Gasteiger partial charge is 0.218 e. The van der Waals surface area contributed by atoms with Crippen LogP contribution in [0.1, 0.15) is 32.3 Å². The van der Waals surface area contributed by atoms with Crippen LogP contribution < -0.4 is 10.5 Å². The number of pyridine rings is 1. The summed E-state index contributed by atoms with van der Waals surface area (Å²) in [7, 11) is 0. The van der Waals surface area contributed by atoms with Crippen molar-refractivity contribution < 1.29 is 4.74 Å². The molecule has 0 aliphatic heterocycles. The van der Waals surface area contributed by atoms with Gasteiger partial charge in [0.1, 0.15) is 0 Å². The van der Waals surface area contributed by atoms with Gasteiger partial charge in [-0.2, -0.15) is 0 Å². The van der Waals surface area contributed by atoms with Crippen molar-refractivity contribution in [2.24, 2.45) is 5.73 Å². The van der Waals surface area contributed by atoms with E-state index in [-0.39, 0.29) is 6.10 Å². The first-order valence-electron chi connectivity index (χ1n) is 5.18. The molecule has 1 rings (SSSR count). The van der Waals surface area contributed by atoms with Gasteiger partial charge < -0.3 is 10.5 Å². The SMILES string of the molecule is CCCC(C)Oc1ncc(Br)cc1CN. The molecule has 0 bridgehead atoms. The van der Waals surface area contributed by atoms with Crippen LogP contribution in [0.3, 0.4) is 0 Å². The van der Waals surface area contributed by atoms with Gasteiger partial charge in [0.2, 0.25) is 5.88 Å². The lowest BCUT2D eigenvalue weighted by Gasteiger charge is -2.15. The van der Waals surface area contributed by atoms with E-state index < -0.39 is 0 Å². The first-order chi connectivity index (χ1) is 7.17. The number of rotatable bonds is 5. The number of ether oxygens (including phenoxy) is 1. The van der Waals surface area contributed by atoms with Crippen LogP contribution in [0, 0.1) is 0 Å². The minimum Gasteiger partial charge on any atom is -0.474 e. The maximum absolute atomic E-state index is 5.72. The summed E-state index contributed by atoms with van der Waals surface area (Å²) in [5, 5.41) is 0. The van der Waals surface area contributed by atoms with E-state index in [2.05, 4.69) is 27.8 Å². The zero-order valence-corrected chi connectivity index (χ0v) is 10.8. The number of halogens is 1. The number of hydrogen-bond acceptors (Lipinski definition) is 3. The quantitative estimate of drug-likeness (QED) is 0.897. The Hall–Kier alpha value is -0.610. The molecule has 0 aliphatic rings. The monoisotopic (exact) mass is 272 g/mol. The normalized spacial score (nSPS) is 12.5. The second-order valence-electron chi connectivity index (χ2n) is 3.54. The standard InChI is InChI=1S/C11H17BrN2O/c1-3-4-8(2)15-11-9(6-13)5-10(12)7-14-11/h5,7-8H,3-4,6,13H2,1-2H3. The van der Waals surface area contributed by atoms with Gasteiger partial charge in [-0.15, -0.1) is 0 Å². The first-order valence-corrected chi connectivity index (χ1v) is 5.97. The van der Waals surface area contributed by atoms with E-state index in [1.54, 1.807) is 6.20 Å². The molecule has 3 nitrogen and oxygen atoms in total. The average Bonchev–Trinajstić information content (AvgIpc) is 2.21. The maximum atomic E-state index is 5.72. The van der Waals surface area contributed by atoms with Gasteiger partial charge in [-0.3, -0.25) is 0 Å². The van der Waals surface area contributed by atoms with Gasteiger partial charge in [-0.1, -0.05) is 13.3 Å². The predicted octanol–water partition coefficient (Wildman–Crippen LogP) is 2.87. The highest BCUT2D eigenvalue weighted by molar-refractivity contribution is 9.10. The van der Waals surface area contributed by atoms with Crippen molar-refractivity contribution >= 4 is 15.9 Å². The lowest BCUT2D eigenvalue weighted by atomic mass is 10.2. The van der Waals surface area contributed by atoms with E-state index in [0.717, 1.165) is 22.9 Å². The van der Waals surface area contributed by atoms with E-state index in [4.69, 9.17) is 10.5 Å². The van der Waals surface area contributed by atoms with Crippen molar-refractivity contribution in [3.63, 3.8) is 0 Å². The highest BCUT2D eigenvalue weighted by atomic mass is 79.9. The molecule has 2 N–H and O–H groups in total. The molecule has 0 saturated carbocycles. The molecule has 4 heteroatoms. The van der Waals surface area contributed by atoms with Crippen LogP contribution in [0.4, 0.5) is 0 Å². The Kier molecular flexibility index (Phi) is 5.05. The fourth-order valence-corrected chi connectivity index (χ4v) is 1.76. The number of hydrogen-bond donors (Lipinski definition) is 1. The molecule has 15 heavy (non-hydrogen) atoms. The summed E-state index contributed by atoms with van der Waals surface area (Å²) >= 11 is 3.36. The summed E-state index contributed by atoms with van der Waals surface area (Å²) in [5.41, 5.74) is 6.57. The summed E-state index contributed by atoms with van der Waals surface area (Å²) in [6.07, 6.45) is 4.05. The van der Waals surface area contributed by atoms with E-state index in [9.17, 15) is 0 Å². The van der Waals surface area contributed by atoms with Gasteiger partial charge in [0.25, 0.3) is 0 Å². The zero-order chi connectivity index (χ0) is 11.3. The number of aromatic nitrogens is 1. The lowest BCUT2D eigenvalue weighted by molar-refractivity contribution is 0.199. The van der Waals surface area contributed by atoms with Gasteiger partial charge in [-0.05, 0) is 35.3 Å². The third-order valence-electron chi connectivity index (χ3n) is 2.12. The van der Waals surface area contributed by atoms with Crippen molar-refractivity contribution in [3.8, 4) is 5.88 Å². The van der Waals surface area contributed by atoms with Crippen LogP contribution in [-0.4, -0.2) is 11.1 Å². The minimum atomic E-state index is 0.189. The largest absolute Gasteiger partial charge is 0.474 e. The summed E-state index contributed by atoms with van der Waals surface area (Å²) in [4.78, 5) is 4.22. The Bertz CT molecular complexity index is 317. The van der Waals surface area contributed by atoms with E-state index >= 15 is 0 Å². The Labute approximate surface area is 99.2 Å². The third kappa shape index (κ3) is 3.80. The van der Waals surface area contributed by atoms with Gasteiger partial charge >= 0.3 is 0 Å². The van der Waals surface area contributed by atoms with Crippen LogP contribution in [0.2, 0.25) is 0 Å². The Balaban J connectivity index is 2.75. The van der Waals surface area contributed by atoms with Gasteiger partial charge in [0, 0.05) is 22.8 Å². The molecule has 1 heterocycles. The van der Waals surface area contributed by atoms with Crippen molar-refractivity contribution in [1.29, 1.82) is 0 Å². The van der Waals surface area contributed by atoms with Crippen LogP contribution in [0.5, 0.6) is 5.88 Å². The van der Waals surface area contributed by atoms with Crippen molar-refractivity contribution in [2.45, 2.75) is 39.3 Å². The molecule has 0 saturated heterocycles.